The third-order valence-electron chi connectivity index (χ3n) is 1.62. The molecule has 14 heavy (non-hydrogen) atoms. The Morgan fingerprint density at radius 1 is 1.21 bits per heavy atom. The SMILES string of the molecule is CC#CCCNc1cc(Cl)cc(Cl)c1. The van der Waals surface area contributed by atoms with Crippen molar-refractivity contribution in [1.82, 2.24) is 0 Å². The van der Waals surface area contributed by atoms with E-state index in [4.69, 9.17) is 23.2 Å². The lowest BCUT2D eigenvalue weighted by atomic mass is 10.3. The van der Waals surface area contributed by atoms with E-state index in [9.17, 15) is 0 Å². The van der Waals surface area contributed by atoms with Gasteiger partial charge in [0.15, 0.2) is 0 Å². The summed E-state index contributed by atoms with van der Waals surface area (Å²) >= 11 is 11.7. The number of halogens is 2. The van der Waals surface area contributed by atoms with Crippen LogP contribution < -0.4 is 5.32 Å². The Balaban J connectivity index is 2.53. The van der Waals surface area contributed by atoms with Crippen molar-refractivity contribution in [2.24, 2.45) is 0 Å². The lowest BCUT2D eigenvalue weighted by molar-refractivity contribution is 1.10. The summed E-state index contributed by atoms with van der Waals surface area (Å²) in [4.78, 5) is 0. The van der Waals surface area contributed by atoms with Crippen LogP contribution >= 0.6 is 23.2 Å². The van der Waals surface area contributed by atoms with Crippen LogP contribution in [0.2, 0.25) is 10.0 Å². The first-order valence-corrected chi connectivity index (χ1v) is 5.07. The van der Waals surface area contributed by atoms with Crippen molar-refractivity contribution >= 4 is 28.9 Å². The lowest BCUT2D eigenvalue weighted by Crippen LogP contribution is -1.99. The second-order valence-electron chi connectivity index (χ2n) is 2.76. The molecule has 0 aliphatic heterocycles. The van der Waals surface area contributed by atoms with Crippen molar-refractivity contribution in [1.29, 1.82) is 0 Å². The molecule has 0 aromatic heterocycles. The van der Waals surface area contributed by atoms with E-state index in [-0.39, 0.29) is 0 Å². The summed E-state index contributed by atoms with van der Waals surface area (Å²) in [6.07, 6.45) is 0.820. The summed E-state index contributed by atoms with van der Waals surface area (Å²) in [5, 5.41) is 4.47. The van der Waals surface area contributed by atoms with Gasteiger partial charge in [-0.3, -0.25) is 0 Å². The van der Waals surface area contributed by atoms with Gasteiger partial charge in [0.25, 0.3) is 0 Å². The molecule has 1 rings (SSSR count). The third-order valence-corrected chi connectivity index (χ3v) is 2.05. The third kappa shape index (κ3) is 3.91. The van der Waals surface area contributed by atoms with Gasteiger partial charge in [-0.25, -0.2) is 0 Å². The van der Waals surface area contributed by atoms with Crippen LogP contribution in [0.15, 0.2) is 18.2 Å². The van der Waals surface area contributed by atoms with Gasteiger partial charge in [0.05, 0.1) is 0 Å². The topological polar surface area (TPSA) is 12.0 Å². The predicted molar refractivity (Wildman–Crippen MR) is 63.0 cm³/mol. The first-order valence-electron chi connectivity index (χ1n) is 4.32. The van der Waals surface area contributed by atoms with Crippen molar-refractivity contribution in [3.8, 4) is 11.8 Å². The van der Waals surface area contributed by atoms with Gasteiger partial charge in [-0.1, -0.05) is 23.2 Å². The van der Waals surface area contributed by atoms with Crippen LogP contribution in [0.25, 0.3) is 0 Å². The molecule has 0 spiro atoms. The van der Waals surface area contributed by atoms with Crippen molar-refractivity contribution in [2.75, 3.05) is 11.9 Å². The maximum Gasteiger partial charge on any atom is 0.0441 e. The molecule has 0 radical (unpaired) electrons. The zero-order valence-electron chi connectivity index (χ0n) is 7.90. The first-order chi connectivity index (χ1) is 6.72. The molecule has 0 heterocycles. The van der Waals surface area contributed by atoms with Crippen LogP contribution in [-0.2, 0) is 0 Å². The second kappa shape index (κ2) is 5.80. The highest BCUT2D eigenvalue weighted by molar-refractivity contribution is 6.35. The van der Waals surface area contributed by atoms with Gasteiger partial charge < -0.3 is 5.32 Å². The number of benzene rings is 1. The lowest BCUT2D eigenvalue weighted by Gasteiger charge is -2.04. The summed E-state index contributed by atoms with van der Waals surface area (Å²) in [6.45, 7) is 2.63. The van der Waals surface area contributed by atoms with Crippen molar-refractivity contribution < 1.29 is 0 Å². The minimum atomic E-state index is 0.640. The van der Waals surface area contributed by atoms with Crippen LogP contribution in [-0.4, -0.2) is 6.54 Å². The van der Waals surface area contributed by atoms with Gasteiger partial charge in [0, 0.05) is 28.7 Å². The molecule has 1 nitrogen and oxygen atoms in total. The molecule has 1 N–H and O–H groups in total. The average Bonchev–Trinajstić information content (AvgIpc) is 2.11. The summed E-state index contributed by atoms with van der Waals surface area (Å²) in [6, 6.07) is 5.39. The summed E-state index contributed by atoms with van der Waals surface area (Å²) < 4.78 is 0. The molecule has 0 bridgehead atoms. The standard InChI is InChI=1S/C11H11Cl2N/c1-2-3-4-5-14-11-7-9(12)6-10(13)8-11/h6-8,14H,4-5H2,1H3. The van der Waals surface area contributed by atoms with E-state index in [0.717, 1.165) is 18.7 Å². The molecule has 0 amide bonds. The van der Waals surface area contributed by atoms with Gasteiger partial charge in [-0.05, 0) is 25.1 Å². The highest BCUT2D eigenvalue weighted by Gasteiger charge is 1.96. The van der Waals surface area contributed by atoms with E-state index >= 15 is 0 Å². The molecular weight excluding hydrogens is 217 g/mol. The largest absolute Gasteiger partial charge is 0.384 e. The van der Waals surface area contributed by atoms with Gasteiger partial charge in [-0.15, -0.1) is 11.8 Å². The van der Waals surface area contributed by atoms with Crippen molar-refractivity contribution in [3.63, 3.8) is 0 Å². The number of hydrogen-bond donors (Lipinski definition) is 1. The van der Waals surface area contributed by atoms with Crippen molar-refractivity contribution in [3.05, 3.63) is 28.2 Å². The van der Waals surface area contributed by atoms with Crippen LogP contribution in [0.3, 0.4) is 0 Å². The molecule has 0 aliphatic carbocycles. The normalized spacial score (nSPS) is 9.07. The Labute approximate surface area is 94.4 Å². The van der Waals surface area contributed by atoms with E-state index < -0.39 is 0 Å². The predicted octanol–water partition coefficient (Wildman–Crippen LogP) is 3.82. The minimum absolute atomic E-state index is 0.640. The Kier molecular flexibility index (Phi) is 4.65. The maximum absolute atomic E-state index is 5.84. The Bertz CT molecular complexity index is 343. The van der Waals surface area contributed by atoms with Gasteiger partial charge >= 0.3 is 0 Å². The number of hydrogen-bond acceptors (Lipinski definition) is 1. The van der Waals surface area contributed by atoms with E-state index in [1.165, 1.54) is 0 Å². The van der Waals surface area contributed by atoms with Gasteiger partial charge in [0.2, 0.25) is 0 Å². The van der Waals surface area contributed by atoms with Crippen LogP contribution in [0.1, 0.15) is 13.3 Å². The molecule has 0 aliphatic rings. The minimum Gasteiger partial charge on any atom is -0.384 e. The number of rotatable bonds is 3. The first kappa shape index (κ1) is 11.2. The Morgan fingerprint density at radius 3 is 2.43 bits per heavy atom. The molecule has 3 heteroatoms. The molecule has 74 valence electrons. The Hall–Kier alpha value is -0.840. The fourth-order valence-electron chi connectivity index (χ4n) is 1.05. The molecule has 1 aromatic carbocycles. The van der Waals surface area contributed by atoms with E-state index in [1.807, 2.05) is 19.1 Å². The fraction of sp³-hybridized carbons (Fsp3) is 0.273. The summed E-state index contributed by atoms with van der Waals surface area (Å²) in [5.74, 6) is 5.80. The van der Waals surface area contributed by atoms with Crippen LogP contribution in [0, 0.1) is 11.8 Å². The molecule has 0 saturated carbocycles. The fourth-order valence-corrected chi connectivity index (χ4v) is 1.58. The molecule has 0 unspecified atom stereocenters. The quantitative estimate of drug-likeness (QED) is 0.612. The average molecular weight is 228 g/mol. The van der Waals surface area contributed by atoms with Gasteiger partial charge in [-0.2, -0.15) is 0 Å². The smallest absolute Gasteiger partial charge is 0.0441 e. The van der Waals surface area contributed by atoms with E-state index in [1.54, 1.807) is 6.07 Å². The number of anilines is 1. The molecule has 0 saturated heterocycles. The number of nitrogens with one attached hydrogen (secondary N) is 1. The maximum atomic E-state index is 5.84. The van der Waals surface area contributed by atoms with Gasteiger partial charge in [0.1, 0.15) is 0 Å². The summed E-state index contributed by atoms with van der Waals surface area (Å²) in [5.41, 5.74) is 0.931. The second-order valence-corrected chi connectivity index (χ2v) is 3.63. The zero-order chi connectivity index (χ0) is 10.4. The molecular formula is C11H11Cl2N. The highest BCUT2D eigenvalue weighted by Crippen LogP contribution is 2.22. The monoisotopic (exact) mass is 227 g/mol. The van der Waals surface area contributed by atoms with Crippen LogP contribution in [0.4, 0.5) is 5.69 Å². The zero-order valence-corrected chi connectivity index (χ0v) is 9.41. The van der Waals surface area contributed by atoms with Crippen molar-refractivity contribution in [2.45, 2.75) is 13.3 Å². The highest BCUT2D eigenvalue weighted by atomic mass is 35.5. The van der Waals surface area contributed by atoms with Crippen LogP contribution in [0.5, 0.6) is 0 Å². The molecule has 0 fully saturated rings. The van der Waals surface area contributed by atoms with E-state index in [0.29, 0.717) is 10.0 Å². The molecule has 0 atom stereocenters. The van der Waals surface area contributed by atoms with E-state index in [2.05, 4.69) is 17.2 Å². The Morgan fingerprint density at radius 2 is 1.86 bits per heavy atom. The molecule has 1 aromatic rings. The summed E-state index contributed by atoms with van der Waals surface area (Å²) in [7, 11) is 0.